The Morgan fingerprint density at radius 2 is 1.96 bits per heavy atom. The standard InChI is InChI=1S/C18H17N5O2/c1-23(2)16-10-13(8-9-19-16)17-20-18(25-22-17)14-11-15(24-21-14)12-6-4-3-5-7-12/h3-10,15H,11H2,1-2H3/t15-/m0/s1. The summed E-state index contributed by atoms with van der Waals surface area (Å²) in [4.78, 5) is 16.2. The first-order valence-electron chi connectivity index (χ1n) is 7.96. The highest BCUT2D eigenvalue weighted by molar-refractivity contribution is 5.97. The first-order chi connectivity index (χ1) is 12.2. The van der Waals surface area contributed by atoms with Crippen LogP contribution in [-0.4, -0.2) is 34.9 Å². The van der Waals surface area contributed by atoms with Crippen LogP contribution >= 0.6 is 0 Å². The second-order valence-electron chi connectivity index (χ2n) is 5.97. The van der Waals surface area contributed by atoms with E-state index < -0.39 is 0 Å². The second-order valence-corrected chi connectivity index (χ2v) is 5.97. The van der Waals surface area contributed by atoms with Crippen LogP contribution in [0.25, 0.3) is 11.4 Å². The number of rotatable bonds is 4. The van der Waals surface area contributed by atoms with Crippen molar-refractivity contribution in [2.45, 2.75) is 12.5 Å². The van der Waals surface area contributed by atoms with E-state index in [4.69, 9.17) is 9.36 Å². The van der Waals surface area contributed by atoms with Crippen LogP contribution in [0, 0.1) is 0 Å². The number of oxime groups is 1. The molecule has 3 heterocycles. The molecular formula is C18H17N5O2. The molecule has 7 heteroatoms. The maximum absolute atomic E-state index is 5.52. The van der Waals surface area contributed by atoms with Gasteiger partial charge in [-0.25, -0.2) is 4.98 Å². The molecule has 1 atom stereocenters. The third kappa shape index (κ3) is 3.08. The Balaban J connectivity index is 1.53. The fourth-order valence-corrected chi connectivity index (χ4v) is 2.61. The second kappa shape index (κ2) is 6.35. The highest BCUT2D eigenvalue weighted by Gasteiger charge is 2.27. The first kappa shape index (κ1) is 15.3. The van der Waals surface area contributed by atoms with E-state index in [1.54, 1.807) is 6.20 Å². The number of benzene rings is 1. The lowest BCUT2D eigenvalue weighted by Crippen LogP contribution is -2.10. The minimum absolute atomic E-state index is 0.118. The van der Waals surface area contributed by atoms with Crippen LogP contribution in [0.15, 0.2) is 58.3 Å². The van der Waals surface area contributed by atoms with Crippen LogP contribution in [0.5, 0.6) is 0 Å². The smallest absolute Gasteiger partial charge is 0.276 e. The SMILES string of the molecule is CN(C)c1cc(-c2noc(C3=NO[C@H](c4ccccc4)C3)n2)ccn1. The van der Waals surface area contributed by atoms with Crippen molar-refractivity contribution in [2.75, 3.05) is 19.0 Å². The fraction of sp³-hybridized carbons (Fsp3) is 0.222. The fourth-order valence-electron chi connectivity index (χ4n) is 2.61. The molecule has 25 heavy (non-hydrogen) atoms. The van der Waals surface area contributed by atoms with Gasteiger partial charge >= 0.3 is 0 Å². The molecule has 0 amide bonds. The number of anilines is 1. The van der Waals surface area contributed by atoms with E-state index >= 15 is 0 Å². The van der Waals surface area contributed by atoms with Gasteiger partial charge in [-0.15, -0.1) is 0 Å². The average molecular weight is 335 g/mol. The molecule has 0 fully saturated rings. The van der Waals surface area contributed by atoms with Gasteiger partial charge in [0, 0.05) is 32.3 Å². The van der Waals surface area contributed by atoms with Crippen LogP contribution in [0.2, 0.25) is 0 Å². The molecule has 0 saturated heterocycles. The van der Waals surface area contributed by atoms with Gasteiger partial charge in [0.1, 0.15) is 11.5 Å². The van der Waals surface area contributed by atoms with Crippen LogP contribution in [0.1, 0.15) is 24.0 Å². The highest BCUT2D eigenvalue weighted by Crippen LogP contribution is 2.29. The van der Waals surface area contributed by atoms with E-state index in [-0.39, 0.29) is 6.10 Å². The summed E-state index contributed by atoms with van der Waals surface area (Å²) in [6, 6.07) is 13.7. The molecule has 2 aromatic heterocycles. The van der Waals surface area contributed by atoms with Crippen molar-refractivity contribution in [2.24, 2.45) is 5.16 Å². The van der Waals surface area contributed by atoms with E-state index in [0.717, 1.165) is 16.9 Å². The number of aromatic nitrogens is 3. The molecule has 3 aromatic rings. The molecule has 0 spiro atoms. The summed E-state index contributed by atoms with van der Waals surface area (Å²) in [5.74, 6) is 1.72. The molecular weight excluding hydrogens is 318 g/mol. The summed E-state index contributed by atoms with van der Waals surface area (Å²) in [6.45, 7) is 0. The third-order valence-electron chi connectivity index (χ3n) is 3.98. The molecule has 7 nitrogen and oxygen atoms in total. The van der Waals surface area contributed by atoms with E-state index in [1.165, 1.54) is 0 Å². The predicted octanol–water partition coefficient (Wildman–Crippen LogP) is 3.06. The van der Waals surface area contributed by atoms with E-state index in [9.17, 15) is 0 Å². The zero-order chi connectivity index (χ0) is 17.2. The zero-order valence-electron chi connectivity index (χ0n) is 14.0. The summed E-state index contributed by atoms with van der Waals surface area (Å²) in [7, 11) is 3.87. The van der Waals surface area contributed by atoms with Crippen molar-refractivity contribution in [3.05, 3.63) is 60.1 Å². The Labute approximate surface area is 144 Å². The molecule has 1 aliphatic heterocycles. The lowest BCUT2D eigenvalue weighted by molar-refractivity contribution is 0.0857. The Hall–Kier alpha value is -3.22. The van der Waals surface area contributed by atoms with E-state index in [2.05, 4.69) is 20.3 Å². The quantitative estimate of drug-likeness (QED) is 0.729. The monoisotopic (exact) mass is 335 g/mol. The van der Waals surface area contributed by atoms with Gasteiger partial charge in [0.2, 0.25) is 5.82 Å². The summed E-state index contributed by atoms with van der Waals surface area (Å²) in [5.41, 5.74) is 2.58. The van der Waals surface area contributed by atoms with Crippen molar-refractivity contribution in [3.8, 4) is 11.4 Å². The van der Waals surface area contributed by atoms with Gasteiger partial charge in [-0.1, -0.05) is 40.6 Å². The lowest BCUT2D eigenvalue weighted by atomic mass is 10.0. The first-order valence-corrected chi connectivity index (χ1v) is 7.96. The number of nitrogens with zero attached hydrogens (tertiary/aromatic N) is 5. The summed E-state index contributed by atoms with van der Waals surface area (Å²) >= 11 is 0. The maximum Gasteiger partial charge on any atom is 0.276 e. The van der Waals surface area contributed by atoms with Gasteiger partial charge in [-0.2, -0.15) is 4.98 Å². The molecule has 0 unspecified atom stereocenters. The number of hydrogen-bond acceptors (Lipinski definition) is 7. The topological polar surface area (TPSA) is 76.6 Å². The largest absolute Gasteiger partial charge is 0.387 e. The van der Waals surface area contributed by atoms with Crippen molar-refractivity contribution in [1.82, 2.24) is 15.1 Å². The van der Waals surface area contributed by atoms with Crippen LogP contribution in [-0.2, 0) is 4.84 Å². The van der Waals surface area contributed by atoms with Crippen LogP contribution < -0.4 is 4.90 Å². The lowest BCUT2D eigenvalue weighted by Gasteiger charge is -2.10. The molecule has 1 aromatic carbocycles. The van der Waals surface area contributed by atoms with Gasteiger partial charge in [-0.05, 0) is 17.7 Å². The van der Waals surface area contributed by atoms with E-state index in [1.807, 2.05) is 61.5 Å². The van der Waals surface area contributed by atoms with Crippen molar-refractivity contribution < 1.29 is 9.36 Å². The molecule has 0 saturated carbocycles. The molecule has 1 aliphatic rings. The Morgan fingerprint density at radius 1 is 1.12 bits per heavy atom. The van der Waals surface area contributed by atoms with E-state index in [0.29, 0.717) is 23.8 Å². The summed E-state index contributed by atoms with van der Waals surface area (Å²) in [5, 5.41) is 8.18. The third-order valence-corrected chi connectivity index (χ3v) is 3.98. The van der Waals surface area contributed by atoms with Gasteiger partial charge in [-0.3, -0.25) is 0 Å². The molecule has 0 N–H and O–H groups in total. The van der Waals surface area contributed by atoms with Crippen LogP contribution in [0.3, 0.4) is 0 Å². The average Bonchev–Trinajstić information content (AvgIpc) is 3.32. The molecule has 0 radical (unpaired) electrons. The molecule has 0 bridgehead atoms. The maximum atomic E-state index is 5.52. The minimum Gasteiger partial charge on any atom is -0.387 e. The van der Waals surface area contributed by atoms with Crippen molar-refractivity contribution >= 4 is 11.5 Å². The predicted molar refractivity (Wildman–Crippen MR) is 93.3 cm³/mol. The molecule has 126 valence electrons. The highest BCUT2D eigenvalue weighted by atomic mass is 16.6. The minimum atomic E-state index is -0.118. The Kier molecular flexibility index (Phi) is 3.89. The van der Waals surface area contributed by atoms with Gasteiger partial charge in [0.05, 0.1) is 0 Å². The Bertz CT molecular complexity index is 905. The zero-order valence-corrected chi connectivity index (χ0v) is 14.0. The number of hydrogen-bond donors (Lipinski definition) is 0. The summed E-state index contributed by atoms with van der Waals surface area (Å²) in [6.07, 6.45) is 2.21. The van der Waals surface area contributed by atoms with Crippen molar-refractivity contribution in [3.63, 3.8) is 0 Å². The normalized spacial score (nSPS) is 16.4. The van der Waals surface area contributed by atoms with Crippen LogP contribution in [0.4, 0.5) is 5.82 Å². The summed E-state index contributed by atoms with van der Waals surface area (Å²) < 4.78 is 5.38. The molecule has 0 aliphatic carbocycles. The van der Waals surface area contributed by atoms with Gasteiger partial charge in [0.15, 0.2) is 6.10 Å². The Morgan fingerprint density at radius 3 is 2.76 bits per heavy atom. The van der Waals surface area contributed by atoms with Gasteiger partial charge < -0.3 is 14.3 Å². The molecule has 4 rings (SSSR count). The number of pyridine rings is 1. The van der Waals surface area contributed by atoms with Gasteiger partial charge in [0.25, 0.3) is 5.89 Å². The van der Waals surface area contributed by atoms with Crippen molar-refractivity contribution in [1.29, 1.82) is 0 Å².